The third-order valence-corrected chi connectivity index (χ3v) is 3.94. The van der Waals surface area contributed by atoms with Crippen LogP contribution < -0.4 is 10.1 Å². The van der Waals surface area contributed by atoms with Crippen LogP contribution >= 0.6 is 0 Å². The van der Waals surface area contributed by atoms with Crippen LogP contribution in [-0.4, -0.2) is 30.3 Å². The van der Waals surface area contributed by atoms with Gasteiger partial charge in [-0.2, -0.15) is 5.26 Å². The Morgan fingerprint density at radius 1 is 1.39 bits per heavy atom. The average molecular weight is 324 g/mol. The fraction of sp³-hybridized carbons (Fsp3) is 0.500. The number of hydrogen-bond donors (Lipinski definition) is 2. The molecule has 2 N–H and O–H groups in total. The lowest BCUT2D eigenvalue weighted by molar-refractivity contribution is -0.128. The molecule has 1 fully saturated rings. The van der Waals surface area contributed by atoms with Crippen molar-refractivity contribution in [3.63, 3.8) is 0 Å². The summed E-state index contributed by atoms with van der Waals surface area (Å²) >= 11 is 0. The highest BCUT2D eigenvalue weighted by Crippen LogP contribution is 2.37. The lowest BCUT2D eigenvalue weighted by Crippen LogP contribution is -2.43. The van der Waals surface area contributed by atoms with Gasteiger partial charge in [0, 0.05) is 12.6 Å². The van der Waals surface area contributed by atoms with E-state index in [1.54, 1.807) is 0 Å². The summed E-state index contributed by atoms with van der Waals surface area (Å²) in [5.74, 6) is -2.33. The second kappa shape index (κ2) is 7.38. The number of benzene rings is 1. The molecule has 1 aromatic carbocycles. The Balaban J connectivity index is 1.78. The number of carbonyl (C=O) groups excluding carboxylic acids is 1. The highest BCUT2D eigenvalue weighted by atomic mass is 19.2. The van der Waals surface area contributed by atoms with E-state index in [9.17, 15) is 23.9 Å². The molecule has 7 heteroatoms. The number of halogens is 2. The van der Waals surface area contributed by atoms with Gasteiger partial charge in [0.05, 0.1) is 6.07 Å². The number of amides is 1. The smallest absolute Gasteiger partial charge is 0.240 e. The van der Waals surface area contributed by atoms with Crippen molar-refractivity contribution in [3.05, 3.63) is 29.8 Å². The van der Waals surface area contributed by atoms with Gasteiger partial charge in [-0.05, 0) is 25.0 Å². The van der Waals surface area contributed by atoms with Crippen molar-refractivity contribution < 1.29 is 23.4 Å². The van der Waals surface area contributed by atoms with Gasteiger partial charge in [-0.3, -0.25) is 4.79 Å². The van der Waals surface area contributed by atoms with E-state index < -0.39 is 23.2 Å². The van der Waals surface area contributed by atoms with E-state index in [2.05, 4.69) is 11.4 Å². The Morgan fingerprint density at radius 3 is 2.70 bits per heavy atom. The summed E-state index contributed by atoms with van der Waals surface area (Å²) in [5.41, 5.74) is -0.999. The van der Waals surface area contributed by atoms with E-state index in [0.29, 0.717) is 12.8 Å². The first-order chi connectivity index (χ1) is 11.0. The second-order valence-electron chi connectivity index (χ2n) is 5.65. The van der Waals surface area contributed by atoms with Gasteiger partial charge >= 0.3 is 0 Å². The standard InChI is InChI=1S/C16H18F2N2O3/c17-13-4-3-12(7-14(13)18)23-9-11(21)8-20-15(22)16(10-19)5-1-2-6-16/h3-4,7,11,21H,1-2,5-6,8-9H2,(H,20,22)/t11-/m1/s1. The third kappa shape index (κ3) is 4.17. The monoisotopic (exact) mass is 324 g/mol. The van der Waals surface area contributed by atoms with Gasteiger partial charge in [0.15, 0.2) is 11.6 Å². The molecule has 1 atom stereocenters. The van der Waals surface area contributed by atoms with Crippen LogP contribution in [0.25, 0.3) is 0 Å². The van der Waals surface area contributed by atoms with E-state index >= 15 is 0 Å². The number of rotatable bonds is 6. The molecule has 5 nitrogen and oxygen atoms in total. The average Bonchev–Trinajstić information content (AvgIpc) is 3.04. The Labute approximate surface area is 132 Å². The number of hydrogen-bond acceptors (Lipinski definition) is 4. The Morgan fingerprint density at radius 2 is 2.09 bits per heavy atom. The zero-order valence-electron chi connectivity index (χ0n) is 12.5. The van der Waals surface area contributed by atoms with Gasteiger partial charge in [0.25, 0.3) is 0 Å². The summed E-state index contributed by atoms with van der Waals surface area (Å²) in [5, 5.41) is 21.5. The van der Waals surface area contributed by atoms with Crippen molar-refractivity contribution in [1.29, 1.82) is 5.26 Å². The Bertz CT molecular complexity index is 610. The van der Waals surface area contributed by atoms with Gasteiger partial charge < -0.3 is 15.2 Å². The number of aliphatic hydroxyl groups is 1. The lowest BCUT2D eigenvalue weighted by Gasteiger charge is -2.20. The van der Waals surface area contributed by atoms with Crippen LogP contribution in [0.15, 0.2) is 18.2 Å². The number of nitrogens with one attached hydrogen (secondary N) is 1. The van der Waals surface area contributed by atoms with Crippen molar-refractivity contribution in [2.75, 3.05) is 13.2 Å². The van der Waals surface area contributed by atoms with Crippen molar-refractivity contribution >= 4 is 5.91 Å². The van der Waals surface area contributed by atoms with Gasteiger partial charge in [-0.25, -0.2) is 8.78 Å². The van der Waals surface area contributed by atoms with Gasteiger partial charge in [-0.1, -0.05) is 12.8 Å². The molecule has 0 spiro atoms. The molecule has 1 aliphatic rings. The van der Waals surface area contributed by atoms with Crippen LogP contribution in [0.4, 0.5) is 8.78 Å². The molecule has 0 radical (unpaired) electrons. The molecule has 23 heavy (non-hydrogen) atoms. The second-order valence-corrected chi connectivity index (χ2v) is 5.65. The molecule has 1 saturated carbocycles. The number of aliphatic hydroxyl groups excluding tert-OH is 1. The normalized spacial score (nSPS) is 17.3. The van der Waals surface area contributed by atoms with Crippen molar-refractivity contribution in [3.8, 4) is 11.8 Å². The molecule has 0 unspecified atom stereocenters. The molecular weight excluding hydrogens is 306 g/mol. The number of carbonyl (C=O) groups is 1. The minimum Gasteiger partial charge on any atom is -0.491 e. The summed E-state index contributed by atoms with van der Waals surface area (Å²) in [4.78, 5) is 12.1. The van der Waals surface area contributed by atoms with Crippen LogP contribution in [0.2, 0.25) is 0 Å². The summed E-state index contributed by atoms with van der Waals surface area (Å²) in [6, 6.07) is 5.12. The largest absolute Gasteiger partial charge is 0.491 e. The van der Waals surface area contributed by atoms with Gasteiger partial charge in [-0.15, -0.1) is 0 Å². The van der Waals surface area contributed by atoms with Crippen LogP contribution in [-0.2, 0) is 4.79 Å². The molecule has 0 aromatic heterocycles. The number of nitrogens with zero attached hydrogens (tertiary/aromatic N) is 1. The molecule has 1 amide bonds. The molecule has 0 aliphatic heterocycles. The maximum absolute atomic E-state index is 13.0. The maximum Gasteiger partial charge on any atom is 0.240 e. The molecule has 0 bridgehead atoms. The van der Waals surface area contributed by atoms with E-state index in [-0.39, 0.29) is 24.8 Å². The lowest BCUT2D eigenvalue weighted by atomic mass is 9.87. The summed E-state index contributed by atoms with van der Waals surface area (Å²) in [6.45, 7) is -0.267. The zero-order chi connectivity index (χ0) is 16.9. The molecule has 1 aliphatic carbocycles. The first kappa shape index (κ1) is 17.2. The van der Waals surface area contributed by atoms with E-state index in [0.717, 1.165) is 25.0 Å². The van der Waals surface area contributed by atoms with E-state index in [1.165, 1.54) is 6.07 Å². The van der Waals surface area contributed by atoms with E-state index in [4.69, 9.17) is 4.74 Å². The summed E-state index contributed by atoms with van der Waals surface area (Å²) in [7, 11) is 0. The topological polar surface area (TPSA) is 82.4 Å². The fourth-order valence-electron chi connectivity index (χ4n) is 2.57. The van der Waals surface area contributed by atoms with Crippen molar-refractivity contribution in [1.82, 2.24) is 5.32 Å². The van der Waals surface area contributed by atoms with Gasteiger partial charge in [0.1, 0.15) is 23.9 Å². The Kier molecular flexibility index (Phi) is 5.50. The maximum atomic E-state index is 13.0. The molecule has 0 saturated heterocycles. The predicted molar refractivity (Wildman–Crippen MR) is 77.4 cm³/mol. The SMILES string of the molecule is N#CC1(C(=O)NC[C@@H](O)COc2ccc(F)c(F)c2)CCCC1. The fourth-order valence-corrected chi connectivity index (χ4v) is 2.57. The first-order valence-electron chi connectivity index (χ1n) is 7.42. The molecule has 124 valence electrons. The van der Waals surface area contributed by atoms with Crippen LogP contribution in [0.1, 0.15) is 25.7 Å². The third-order valence-electron chi connectivity index (χ3n) is 3.94. The molecule has 0 heterocycles. The van der Waals surface area contributed by atoms with E-state index in [1.807, 2.05) is 0 Å². The quantitative estimate of drug-likeness (QED) is 0.837. The number of ether oxygens (including phenoxy) is 1. The van der Waals surface area contributed by atoms with Crippen LogP contribution in [0.3, 0.4) is 0 Å². The van der Waals surface area contributed by atoms with Crippen molar-refractivity contribution in [2.45, 2.75) is 31.8 Å². The van der Waals surface area contributed by atoms with Crippen LogP contribution in [0.5, 0.6) is 5.75 Å². The van der Waals surface area contributed by atoms with Gasteiger partial charge in [0.2, 0.25) is 5.91 Å². The highest BCUT2D eigenvalue weighted by molar-refractivity contribution is 5.85. The number of nitriles is 1. The first-order valence-corrected chi connectivity index (χ1v) is 7.42. The predicted octanol–water partition coefficient (Wildman–Crippen LogP) is 1.90. The summed E-state index contributed by atoms with van der Waals surface area (Å²) in [6.07, 6.45) is 1.70. The Hall–Kier alpha value is -2.20. The molecule has 1 aromatic rings. The molecular formula is C16H18F2N2O3. The minimum atomic E-state index is -1.04. The zero-order valence-corrected chi connectivity index (χ0v) is 12.5. The molecule has 2 rings (SSSR count). The van der Waals surface area contributed by atoms with Crippen molar-refractivity contribution in [2.24, 2.45) is 5.41 Å². The highest BCUT2D eigenvalue weighted by Gasteiger charge is 2.41. The minimum absolute atomic E-state index is 0.0774. The van der Waals surface area contributed by atoms with Crippen LogP contribution in [0, 0.1) is 28.4 Å². The summed E-state index contributed by atoms with van der Waals surface area (Å²) < 4.78 is 30.9.